The Morgan fingerprint density at radius 3 is 2.68 bits per heavy atom. The van der Waals surface area contributed by atoms with Crippen molar-refractivity contribution < 1.29 is 14.7 Å². The molecule has 0 aliphatic carbocycles. The van der Waals surface area contributed by atoms with Crippen molar-refractivity contribution >= 4 is 17.4 Å². The lowest BCUT2D eigenvalue weighted by molar-refractivity contribution is -0.147. The van der Waals surface area contributed by atoms with Gasteiger partial charge in [0.2, 0.25) is 0 Å². The van der Waals surface area contributed by atoms with Crippen LogP contribution in [0.15, 0.2) is 30.6 Å². The Balaban J connectivity index is 2.42. The van der Waals surface area contributed by atoms with Gasteiger partial charge in [-0.25, -0.2) is 9.31 Å². The number of carboxylic acid groups (broad SMARTS) is 1. The smallest absolute Gasteiger partial charge is 0.329 e. The lowest BCUT2D eigenvalue weighted by Crippen LogP contribution is -2.50. The first-order valence-electron chi connectivity index (χ1n) is 5.79. The van der Waals surface area contributed by atoms with E-state index in [2.05, 4.69) is 5.10 Å². The number of rotatable bonds is 3. The highest BCUT2D eigenvalue weighted by Crippen LogP contribution is 2.19. The SMILES string of the molecule is CN(C(=O)c1cnn2ccccc12)C(C)(C)C(=O)O. The quantitative estimate of drug-likeness (QED) is 0.902. The van der Waals surface area contributed by atoms with Crippen molar-refractivity contribution in [3.8, 4) is 0 Å². The summed E-state index contributed by atoms with van der Waals surface area (Å²) in [6.07, 6.45) is 3.18. The monoisotopic (exact) mass is 261 g/mol. The Morgan fingerprint density at radius 1 is 1.37 bits per heavy atom. The number of aliphatic carboxylic acids is 1. The predicted octanol–water partition coefficient (Wildman–Crippen LogP) is 1.27. The highest BCUT2D eigenvalue weighted by atomic mass is 16.4. The number of pyridine rings is 1. The summed E-state index contributed by atoms with van der Waals surface area (Å²) >= 11 is 0. The molecule has 0 radical (unpaired) electrons. The number of fused-ring (bicyclic) bond motifs is 1. The van der Waals surface area contributed by atoms with Crippen LogP contribution in [-0.4, -0.2) is 44.1 Å². The van der Waals surface area contributed by atoms with Gasteiger partial charge in [-0.1, -0.05) is 6.07 Å². The van der Waals surface area contributed by atoms with E-state index in [1.807, 2.05) is 0 Å². The van der Waals surface area contributed by atoms with Crippen LogP contribution in [0.2, 0.25) is 0 Å². The second-order valence-electron chi connectivity index (χ2n) is 4.82. The summed E-state index contributed by atoms with van der Waals surface area (Å²) in [7, 11) is 1.48. The molecule has 0 saturated carbocycles. The van der Waals surface area contributed by atoms with Crippen LogP contribution >= 0.6 is 0 Å². The van der Waals surface area contributed by atoms with Gasteiger partial charge in [-0.05, 0) is 26.0 Å². The van der Waals surface area contributed by atoms with Crippen LogP contribution in [0.1, 0.15) is 24.2 Å². The number of likely N-dealkylation sites (N-methyl/N-ethyl adjacent to an activating group) is 1. The zero-order chi connectivity index (χ0) is 14.2. The highest BCUT2D eigenvalue weighted by Gasteiger charge is 2.36. The summed E-state index contributed by atoms with van der Waals surface area (Å²) in [6, 6.07) is 5.37. The zero-order valence-electron chi connectivity index (χ0n) is 11.0. The maximum atomic E-state index is 12.4. The first-order chi connectivity index (χ1) is 8.85. The van der Waals surface area contributed by atoms with E-state index in [1.54, 1.807) is 28.9 Å². The molecule has 0 unspecified atom stereocenters. The number of carbonyl (C=O) groups excluding carboxylic acids is 1. The molecule has 0 saturated heterocycles. The average Bonchev–Trinajstić information content (AvgIpc) is 2.80. The Morgan fingerprint density at radius 2 is 2.05 bits per heavy atom. The minimum Gasteiger partial charge on any atom is -0.480 e. The lowest BCUT2D eigenvalue weighted by atomic mass is 10.0. The molecule has 2 rings (SSSR count). The zero-order valence-corrected chi connectivity index (χ0v) is 11.0. The molecule has 0 bridgehead atoms. The van der Waals surface area contributed by atoms with Crippen molar-refractivity contribution in [2.24, 2.45) is 0 Å². The Bertz CT molecular complexity index is 645. The minimum absolute atomic E-state index is 0.367. The summed E-state index contributed by atoms with van der Waals surface area (Å²) in [4.78, 5) is 24.8. The van der Waals surface area contributed by atoms with Gasteiger partial charge in [0, 0.05) is 13.2 Å². The molecule has 100 valence electrons. The van der Waals surface area contributed by atoms with Crippen molar-refractivity contribution in [3.63, 3.8) is 0 Å². The van der Waals surface area contributed by atoms with Crippen molar-refractivity contribution in [1.82, 2.24) is 14.5 Å². The molecular formula is C13H15N3O3. The lowest BCUT2D eigenvalue weighted by Gasteiger charge is -2.31. The van der Waals surface area contributed by atoms with E-state index in [0.29, 0.717) is 11.1 Å². The highest BCUT2D eigenvalue weighted by molar-refractivity contribution is 6.02. The van der Waals surface area contributed by atoms with Crippen LogP contribution in [0.4, 0.5) is 0 Å². The van der Waals surface area contributed by atoms with Crippen molar-refractivity contribution in [1.29, 1.82) is 0 Å². The van der Waals surface area contributed by atoms with E-state index in [9.17, 15) is 9.59 Å². The molecule has 0 aliphatic rings. The van der Waals surface area contributed by atoms with Crippen LogP contribution in [0, 0.1) is 0 Å². The molecule has 19 heavy (non-hydrogen) atoms. The van der Waals surface area contributed by atoms with Crippen LogP contribution in [0.25, 0.3) is 5.52 Å². The van der Waals surface area contributed by atoms with Crippen molar-refractivity contribution in [3.05, 3.63) is 36.2 Å². The minimum atomic E-state index is -1.28. The molecule has 1 N–H and O–H groups in total. The maximum Gasteiger partial charge on any atom is 0.329 e. The van der Waals surface area contributed by atoms with Gasteiger partial charge in [0.25, 0.3) is 5.91 Å². The molecule has 0 spiro atoms. The first kappa shape index (κ1) is 13.1. The van der Waals surface area contributed by atoms with Gasteiger partial charge in [-0.3, -0.25) is 4.79 Å². The van der Waals surface area contributed by atoms with E-state index < -0.39 is 11.5 Å². The molecule has 2 aromatic rings. The van der Waals surface area contributed by atoms with Gasteiger partial charge in [-0.15, -0.1) is 0 Å². The van der Waals surface area contributed by atoms with Crippen molar-refractivity contribution in [2.75, 3.05) is 7.05 Å². The first-order valence-corrected chi connectivity index (χ1v) is 5.79. The fraction of sp³-hybridized carbons (Fsp3) is 0.308. The number of aromatic nitrogens is 2. The van der Waals surface area contributed by atoms with Crippen LogP contribution in [0.5, 0.6) is 0 Å². The van der Waals surface area contributed by atoms with Crippen LogP contribution in [0.3, 0.4) is 0 Å². The largest absolute Gasteiger partial charge is 0.480 e. The number of carbonyl (C=O) groups is 2. The molecule has 0 fully saturated rings. The average molecular weight is 261 g/mol. The number of nitrogens with zero attached hydrogens (tertiary/aromatic N) is 3. The number of hydrogen-bond donors (Lipinski definition) is 1. The normalized spacial score (nSPS) is 11.5. The predicted molar refractivity (Wildman–Crippen MR) is 69.0 cm³/mol. The van der Waals surface area contributed by atoms with Gasteiger partial charge in [0.1, 0.15) is 5.54 Å². The molecule has 2 aromatic heterocycles. The van der Waals surface area contributed by atoms with Gasteiger partial charge in [-0.2, -0.15) is 5.10 Å². The molecule has 6 heteroatoms. The van der Waals surface area contributed by atoms with E-state index in [0.717, 1.165) is 0 Å². The Hall–Kier alpha value is -2.37. The third-order valence-electron chi connectivity index (χ3n) is 3.32. The molecule has 0 aromatic carbocycles. The van der Waals surface area contributed by atoms with E-state index >= 15 is 0 Å². The Kier molecular flexibility index (Phi) is 3.01. The third-order valence-corrected chi connectivity index (χ3v) is 3.32. The van der Waals surface area contributed by atoms with Gasteiger partial charge >= 0.3 is 5.97 Å². The maximum absolute atomic E-state index is 12.4. The van der Waals surface area contributed by atoms with E-state index in [-0.39, 0.29) is 5.91 Å². The topological polar surface area (TPSA) is 74.9 Å². The van der Waals surface area contributed by atoms with E-state index in [1.165, 1.54) is 32.0 Å². The second-order valence-corrected chi connectivity index (χ2v) is 4.82. The summed E-state index contributed by atoms with van der Waals surface area (Å²) in [5, 5.41) is 13.2. The standard InChI is InChI=1S/C13H15N3O3/c1-13(2,12(18)19)15(3)11(17)9-8-14-16-7-5-4-6-10(9)16/h4-8H,1-3H3,(H,18,19). The van der Waals surface area contributed by atoms with Gasteiger partial charge < -0.3 is 10.0 Å². The molecule has 1 amide bonds. The summed E-state index contributed by atoms with van der Waals surface area (Å²) in [5.41, 5.74) is -0.238. The van der Waals surface area contributed by atoms with Gasteiger partial charge in [0.05, 0.1) is 17.3 Å². The molecule has 0 aliphatic heterocycles. The molecule has 0 atom stereocenters. The molecule has 6 nitrogen and oxygen atoms in total. The van der Waals surface area contributed by atoms with Gasteiger partial charge in [0.15, 0.2) is 0 Å². The summed E-state index contributed by atoms with van der Waals surface area (Å²) in [5.74, 6) is -1.42. The molecular weight excluding hydrogens is 246 g/mol. The fourth-order valence-corrected chi connectivity index (χ4v) is 1.68. The second kappa shape index (κ2) is 4.38. The summed E-state index contributed by atoms with van der Waals surface area (Å²) < 4.78 is 1.58. The number of carboxylic acids is 1. The van der Waals surface area contributed by atoms with Crippen LogP contribution < -0.4 is 0 Å². The number of hydrogen-bond acceptors (Lipinski definition) is 3. The van der Waals surface area contributed by atoms with Crippen molar-refractivity contribution in [2.45, 2.75) is 19.4 Å². The third kappa shape index (κ3) is 2.05. The summed E-state index contributed by atoms with van der Waals surface area (Å²) in [6.45, 7) is 2.97. The van der Waals surface area contributed by atoms with Crippen LogP contribution in [-0.2, 0) is 4.79 Å². The number of amides is 1. The van der Waals surface area contributed by atoms with E-state index in [4.69, 9.17) is 5.11 Å². The fourth-order valence-electron chi connectivity index (χ4n) is 1.68. The Labute approximate surface area is 110 Å². The molecule has 2 heterocycles.